The first-order valence-corrected chi connectivity index (χ1v) is 12.4. The van der Waals surface area contributed by atoms with Crippen molar-refractivity contribution in [2.45, 2.75) is 0 Å². The molecular formula is C29H18O3S2. The molecule has 0 radical (unpaired) electrons. The zero-order valence-corrected chi connectivity index (χ0v) is 19.5. The van der Waals surface area contributed by atoms with Crippen LogP contribution in [0.1, 0.15) is 14.5 Å². The van der Waals surface area contributed by atoms with Crippen molar-refractivity contribution < 1.29 is 15.0 Å². The smallest absolute Gasteiger partial charge is 0.214 e. The molecule has 0 aliphatic carbocycles. The number of benzene rings is 4. The Kier molecular flexibility index (Phi) is 4.94. The third-order valence-corrected chi connectivity index (χ3v) is 8.22. The van der Waals surface area contributed by atoms with Gasteiger partial charge in [0.15, 0.2) is 0 Å². The SMILES string of the molecule is O=C(c1sc2ccc(O)cc2c1-c1ccccc1)c1sc2ccc(O)cc2c1-c1ccccc1. The largest absolute Gasteiger partial charge is 0.508 e. The Morgan fingerprint density at radius 1 is 0.559 bits per heavy atom. The first-order chi connectivity index (χ1) is 16.6. The van der Waals surface area contributed by atoms with E-state index in [9.17, 15) is 15.0 Å². The summed E-state index contributed by atoms with van der Waals surface area (Å²) in [5, 5.41) is 22.1. The summed E-state index contributed by atoms with van der Waals surface area (Å²) in [5.41, 5.74) is 3.53. The molecule has 0 bridgehead atoms. The van der Waals surface area contributed by atoms with E-state index in [1.54, 1.807) is 24.3 Å². The molecule has 6 rings (SSSR count). The van der Waals surface area contributed by atoms with E-state index in [0.717, 1.165) is 42.4 Å². The van der Waals surface area contributed by atoms with E-state index >= 15 is 0 Å². The molecule has 2 N–H and O–H groups in total. The maximum atomic E-state index is 14.2. The van der Waals surface area contributed by atoms with Gasteiger partial charge in [-0.25, -0.2) is 0 Å². The van der Waals surface area contributed by atoms with Crippen LogP contribution in [0.25, 0.3) is 42.4 Å². The number of thiophene rings is 2. The van der Waals surface area contributed by atoms with Crippen molar-refractivity contribution in [2.75, 3.05) is 0 Å². The fourth-order valence-electron chi connectivity index (χ4n) is 4.38. The Balaban J connectivity index is 1.65. The van der Waals surface area contributed by atoms with Crippen LogP contribution in [0.15, 0.2) is 97.1 Å². The van der Waals surface area contributed by atoms with E-state index in [4.69, 9.17) is 0 Å². The van der Waals surface area contributed by atoms with Gasteiger partial charge in [-0.2, -0.15) is 0 Å². The fourth-order valence-corrected chi connectivity index (χ4v) is 6.74. The molecule has 0 aliphatic rings. The van der Waals surface area contributed by atoms with Crippen LogP contribution in [0, 0.1) is 0 Å². The molecule has 3 nitrogen and oxygen atoms in total. The third-order valence-electron chi connectivity index (χ3n) is 5.88. The third kappa shape index (κ3) is 3.37. The minimum Gasteiger partial charge on any atom is -0.508 e. The Morgan fingerprint density at radius 3 is 1.38 bits per heavy atom. The van der Waals surface area contributed by atoms with Crippen LogP contribution in [0.4, 0.5) is 0 Å². The fraction of sp³-hybridized carbons (Fsp3) is 0. The molecular weight excluding hydrogens is 460 g/mol. The second kappa shape index (κ2) is 8.13. The molecule has 2 aromatic heterocycles. The topological polar surface area (TPSA) is 57.5 Å². The highest BCUT2D eigenvalue weighted by Crippen LogP contribution is 2.46. The van der Waals surface area contributed by atoms with Crippen molar-refractivity contribution in [3.63, 3.8) is 0 Å². The highest BCUT2D eigenvalue weighted by molar-refractivity contribution is 7.25. The van der Waals surface area contributed by atoms with E-state index < -0.39 is 0 Å². The lowest BCUT2D eigenvalue weighted by molar-refractivity contribution is 0.104. The number of carbonyl (C=O) groups is 1. The first kappa shape index (κ1) is 20.7. The van der Waals surface area contributed by atoms with Crippen LogP contribution in [0.3, 0.4) is 0 Å². The number of phenols is 2. The lowest BCUT2D eigenvalue weighted by Gasteiger charge is -2.07. The van der Waals surface area contributed by atoms with Gasteiger partial charge in [-0.3, -0.25) is 4.79 Å². The van der Waals surface area contributed by atoms with E-state index in [1.165, 1.54) is 22.7 Å². The first-order valence-electron chi connectivity index (χ1n) is 10.8. The molecule has 164 valence electrons. The Hall–Kier alpha value is -3.93. The standard InChI is InChI=1S/C29H18O3S2/c30-19-11-13-23-21(15-19)25(17-7-3-1-4-8-17)28(33-23)27(32)29-26(18-9-5-2-6-10-18)22-16-20(31)12-14-24(22)34-29/h1-16,30-31H. The van der Waals surface area contributed by atoms with Crippen molar-refractivity contribution >= 4 is 48.6 Å². The Morgan fingerprint density at radius 2 is 0.971 bits per heavy atom. The van der Waals surface area contributed by atoms with Crippen molar-refractivity contribution in [1.29, 1.82) is 0 Å². The Labute approximate surface area is 203 Å². The van der Waals surface area contributed by atoms with Crippen molar-refractivity contribution in [1.82, 2.24) is 0 Å². The van der Waals surface area contributed by atoms with Crippen LogP contribution in [-0.4, -0.2) is 16.0 Å². The molecule has 6 aromatic rings. The summed E-state index contributed by atoms with van der Waals surface area (Å²) in [6, 6.07) is 30.1. The van der Waals surface area contributed by atoms with Gasteiger partial charge in [0.1, 0.15) is 11.5 Å². The average molecular weight is 479 g/mol. The highest BCUT2D eigenvalue weighted by Gasteiger charge is 2.26. The highest BCUT2D eigenvalue weighted by atomic mass is 32.1. The molecule has 2 heterocycles. The summed E-state index contributed by atoms with van der Waals surface area (Å²) in [6.07, 6.45) is 0. The van der Waals surface area contributed by atoms with Crippen LogP contribution in [-0.2, 0) is 0 Å². The van der Waals surface area contributed by atoms with Crippen LogP contribution < -0.4 is 0 Å². The number of fused-ring (bicyclic) bond motifs is 2. The molecule has 0 unspecified atom stereocenters. The second-order valence-corrected chi connectivity index (χ2v) is 10.1. The summed E-state index contributed by atoms with van der Waals surface area (Å²) in [7, 11) is 0. The predicted octanol–water partition coefficient (Wildman–Crippen LogP) is 8.09. The van der Waals surface area contributed by atoms with E-state index in [-0.39, 0.29) is 17.3 Å². The number of hydrogen-bond acceptors (Lipinski definition) is 5. The number of ketones is 1. The zero-order valence-electron chi connectivity index (χ0n) is 17.9. The van der Waals surface area contributed by atoms with Crippen LogP contribution in [0.2, 0.25) is 0 Å². The summed E-state index contributed by atoms with van der Waals surface area (Å²) in [5.74, 6) is 0.284. The van der Waals surface area contributed by atoms with Crippen molar-refractivity contribution in [3.05, 3.63) is 107 Å². The van der Waals surface area contributed by atoms with Gasteiger partial charge in [0.25, 0.3) is 0 Å². The van der Waals surface area contributed by atoms with Gasteiger partial charge >= 0.3 is 0 Å². The van der Waals surface area contributed by atoms with Crippen molar-refractivity contribution in [2.24, 2.45) is 0 Å². The van der Waals surface area contributed by atoms with Crippen LogP contribution in [0.5, 0.6) is 11.5 Å². The van der Waals surface area contributed by atoms with Gasteiger partial charge in [-0.1, -0.05) is 60.7 Å². The predicted molar refractivity (Wildman–Crippen MR) is 141 cm³/mol. The molecule has 0 saturated heterocycles. The molecule has 0 amide bonds. The van der Waals surface area contributed by atoms with Gasteiger partial charge in [-0.15, -0.1) is 22.7 Å². The molecule has 0 saturated carbocycles. The molecule has 0 spiro atoms. The number of rotatable bonds is 4. The summed E-state index contributed by atoms with van der Waals surface area (Å²) >= 11 is 2.89. The van der Waals surface area contributed by atoms with E-state index in [1.807, 2.05) is 72.8 Å². The minimum absolute atomic E-state index is 0.0564. The molecule has 0 fully saturated rings. The molecule has 0 atom stereocenters. The monoisotopic (exact) mass is 478 g/mol. The number of aromatic hydroxyl groups is 2. The number of phenolic OH excluding ortho intramolecular Hbond substituents is 2. The van der Waals surface area contributed by atoms with Gasteiger partial charge < -0.3 is 10.2 Å². The number of hydrogen-bond donors (Lipinski definition) is 2. The summed E-state index contributed by atoms with van der Waals surface area (Å²) < 4.78 is 1.89. The van der Waals surface area contributed by atoms with Crippen LogP contribution >= 0.6 is 22.7 Å². The number of carbonyl (C=O) groups excluding carboxylic acids is 1. The summed E-state index contributed by atoms with van der Waals surface area (Å²) in [4.78, 5) is 15.5. The second-order valence-electron chi connectivity index (χ2n) is 8.03. The van der Waals surface area contributed by atoms with Gasteiger partial charge in [0.05, 0.1) is 9.75 Å². The quantitative estimate of drug-likeness (QED) is 0.252. The lowest BCUT2D eigenvalue weighted by atomic mass is 9.96. The maximum absolute atomic E-state index is 14.2. The normalized spacial score (nSPS) is 11.3. The molecule has 4 aromatic carbocycles. The van der Waals surface area contributed by atoms with E-state index in [2.05, 4.69) is 0 Å². The van der Waals surface area contributed by atoms with Gasteiger partial charge in [0, 0.05) is 31.3 Å². The van der Waals surface area contributed by atoms with Gasteiger partial charge in [0.2, 0.25) is 5.78 Å². The van der Waals surface area contributed by atoms with E-state index in [0.29, 0.717) is 9.75 Å². The van der Waals surface area contributed by atoms with Crippen molar-refractivity contribution in [3.8, 4) is 33.8 Å². The zero-order chi connectivity index (χ0) is 23.2. The summed E-state index contributed by atoms with van der Waals surface area (Å²) in [6.45, 7) is 0. The molecule has 5 heteroatoms. The molecule has 0 aliphatic heterocycles. The average Bonchev–Trinajstić information content (AvgIpc) is 3.43. The van der Waals surface area contributed by atoms with Gasteiger partial charge in [-0.05, 0) is 47.5 Å². The molecule has 34 heavy (non-hydrogen) atoms. The lowest BCUT2D eigenvalue weighted by Crippen LogP contribution is -2.00. The maximum Gasteiger partial charge on any atom is 0.214 e. The minimum atomic E-state index is -0.0564. The Bertz CT molecular complexity index is 1550.